The Kier molecular flexibility index (Phi) is 12.9. The van der Waals surface area contributed by atoms with Gasteiger partial charge < -0.3 is 36.4 Å². The molecule has 0 aromatic heterocycles. The van der Waals surface area contributed by atoms with Gasteiger partial charge in [-0.15, -0.1) is 0 Å². The van der Waals surface area contributed by atoms with Gasteiger partial charge in [0.2, 0.25) is 5.78 Å². The molecular weight excluding hydrogens is 689 g/mol. The Morgan fingerprint density at radius 2 is 1.77 bits per heavy atom. The minimum atomic E-state index is -4.29. The third kappa shape index (κ3) is 6.87. The van der Waals surface area contributed by atoms with Gasteiger partial charge in [0.05, 0.1) is 11.6 Å². The fourth-order valence-corrected chi connectivity index (χ4v) is 6.52. The zero-order valence-corrected chi connectivity index (χ0v) is 31.2. The molecule has 4 rings (SSSR count). The predicted octanol–water partition coefficient (Wildman–Crippen LogP) is 1.08. The molecule has 1 saturated carbocycles. The molecule has 2 radical (unpaired) electrons. The molecular formula is C28H35F3KN4O7Y. The molecule has 0 unspecified atom stereocenters. The zero-order valence-electron chi connectivity index (χ0n) is 25.2. The van der Waals surface area contributed by atoms with Crippen LogP contribution in [0.25, 0.3) is 5.76 Å². The smallest absolute Gasteiger partial charge is 0.389 e. The Bertz CT molecular complexity index is 1420. The number of carbonyl (C=O) groups excluding carboxylic acids is 3. The topological polar surface area (TPSA) is 177 Å². The van der Waals surface area contributed by atoms with Crippen LogP contribution in [-0.2, 0) is 60.1 Å². The van der Waals surface area contributed by atoms with Crippen LogP contribution in [0.15, 0.2) is 23.0 Å². The van der Waals surface area contributed by atoms with Gasteiger partial charge in [0.25, 0.3) is 5.91 Å². The molecule has 3 aliphatic rings. The fourth-order valence-electron chi connectivity index (χ4n) is 6.52. The van der Waals surface area contributed by atoms with Gasteiger partial charge in [0, 0.05) is 134 Å². The number of phenols is 1. The Balaban J connectivity index is 0.00000337. The number of primary amides is 1. The van der Waals surface area contributed by atoms with Crippen molar-refractivity contribution in [1.82, 2.24) is 10.2 Å². The third-order valence-corrected chi connectivity index (χ3v) is 8.39. The van der Waals surface area contributed by atoms with Crippen LogP contribution in [0, 0.1) is 11.8 Å². The van der Waals surface area contributed by atoms with Gasteiger partial charge in [-0.25, -0.2) is 0 Å². The number of phenolic OH excluding ortho intramolecular Hbond substituents is 1. The van der Waals surface area contributed by atoms with Crippen LogP contribution in [0.2, 0.25) is 0 Å². The van der Waals surface area contributed by atoms with Crippen molar-refractivity contribution < 1.29 is 80.7 Å². The van der Waals surface area contributed by atoms with Crippen LogP contribution in [0.4, 0.5) is 18.9 Å². The molecule has 0 saturated heterocycles. The van der Waals surface area contributed by atoms with Crippen LogP contribution >= 0.6 is 0 Å². The van der Waals surface area contributed by atoms with Gasteiger partial charge in [-0.05, 0) is 57.5 Å². The Morgan fingerprint density at radius 1 is 1.16 bits per heavy atom. The van der Waals surface area contributed by atoms with E-state index >= 15 is 0 Å². The van der Waals surface area contributed by atoms with Gasteiger partial charge in [-0.1, -0.05) is 0 Å². The predicted molar refractivity (Wildman–Crippen MR) is 151 cm³/mol. The van der Waals surface area contributed by atoms with E-state index < -0.39 is 76.4 Å². The fraction of sp³-hybridized carbons (Fsp3) is 0.536. The summed E-state index contributed by atoms with van der Waals surface area (Å²) < 4.78 is 37.5. The van der Waals surface area contributed by atoms with Crippen LogP contribution in [0.1, 0.15) is 36.0 Å². The summed E-state index contributed by atoms with van der Waals surface area (Å²) in [5, 5.41) is 48.2. The number of aliphatic hydroxyl groups excluding tert-OH is 2. The van der Waals surface area contributed by atoms with E-state index in [1.54, 1.807) is 25.1 Å². The second-order valence-corrected chi connectivity index (χ2v) is 11.5. The number of halogens is 3. The normalized spacial score (nSPS) is 24.7. The van der Waals surface area contributed by atoms with Crippen LogP contribution in [0.3, 0.4) is 0 Å². The molecule has 0 aliphatic heterocycles. The van der Waals surface area contributed by atoms with Crippen molar-refractivity contribution in [3.05, 3.63) is 39.7 Å². The molecule has 1 aromatic carbocycles. The molecule has 44 heavy (non-hydrogen) atoms. The summed E-state index contributed by atoms with van der Waals surface area (Å²) >= 11 is 0. The number of aliphatic hydroxyl groups is 3. The number of nitrogens with zero attached hydrogens (tertiary/aromatic N) is 2. The zero-order chi connectivity index (χ0) is 31.5. The Labute approximate surface area is 320 Å². The van der Waals surface area contributed by atoms with Gasteiger partial charge in [-0.3, -0.25) is 19.3 Å². The van der Waals surface area contributed by atoms with Gasteiger partial charge in [0.15, 0.2) is 11.4 Å². The number of hydrogen-bond donors (Lipinski definition) is 6. The SMILES string of the molecule is CN(C)c1cc(CNCCCC(F)(F)F)c(O)c2c1C[C@H]1C[C@H]3[C@H](N(C)C)C(=O)C(C(N)=O)=C(O)[C@@]3(O)C(=O)C1=C2O.[K].[Y]. The van der Waals surface area contributed by atoms with Crippen molar-refractivity contribution in [1.29, 1.82) is 0 Å². The quantitative estimate of drug-likeness (QED) is 0.129. The van der Waals surface area contributed by atoms with Crippen molar-refractivity contribution in [2.24, 2.45) is 17.6 Å². The molecule has 16 heteroatoms. The number of Topliss-reactive ketones (excluding diaryl/α,β-unsaturated/α-hetero) is 2. The first-order chi connectivity index (χ1) is 19.4. The minimum Gasteiger partial charge on any atom is -0.508 e. The number of carbonyl (C=O) groups is 3. The standard InChI is InChI=1S/C28H35F3N4O7.K.Y/c1-34(2)16-10-13(11-33-7-5-6-27(29,30)31)21(36)18-14(16)8-12-9-15-20(35(3)4)23(38)19(26(32)41)25(40)28(15,42)24(39)17(12)22(18)37;;/h10,12,15,20,33,36-37,40,42H,5-9,11H2,1-4H3,(H2,32,41);;/t12-,15-,20-,28-;;/m0../s1. The number of fused-ring (bicyclic) bond motifs is 3. The van der Waals surface area contributed by atoms with E-state index in [2.05, 4.69) is 5.32 Å². The maximum absolute atomic E-state index is 14.0. The number of alkyl halides is 3. The Morgan fingerprint density at radius 3 is 2.30 bits per heavy atom. The molecule has 0 bridgehead atoms. The number of aromatic hydroxyl groups is 1. The summed E-state index contributed by atoms with van der Waals surface area (Å²) in [4.78, 5) is 42.5. The van der Waals surface area contributed by atoms with Crippen LogP contribution < -0.4 is 16.0 Å². The van der Waals surface area contributed by atoms with Gasteiger partial charge in [0.1, 0.15) is 22.8 Å². The molecule has 0 spiro atoms. The van der Waals surface area contributed by atoms with Crippen molar-refractivity contribution >= 4 is 80.3 Å². The molecule has 1 aromatic rings. The summed E-state index contributed by atoms with van der Waals surface area (Å²) in [6, 6.07) is 0.458. The molecule has 11 nitrogen and oxygen atoms in total. The van der Waals surface area contributed by atoms with E-state index in [1.165, 1.54) is 19.0 Å². The largest absolute Gasteiger partial charge is 0.508 e. The average molecular weight is 725 g/mol. The summed E-state index contributed by atoms with van der Waals surface area (Å²) in [7, 11) is 6.50. The van der Waals surface area contributed by atoms with E-state index in [1.807, 2.05) is 0 Å². The summed E-state index contributed by atoms with van der Waals surface area (Å²) in [5.74, 6) is -7.39. The number of ketones is 2. The number of nitrogens with two attached hydrogens (primary N) is 1. The van der Waals surface area contributed by atoms with Crippen LogP contribution in [-0.4, -0.2) is 147 Å². The first-order valence-electron chi connectivity index (χ1n) is 13.4. The minimum absolute atomic E-state index is 0. The van der Waals surface area contributed by atoms with Crippen LogP contribution in [0.5, 0.6) is 5.75 Å². The van der Waals surface area contributed by atoms with E-state index in [-0.39, 0.29) is 133 Å². The number of benzene rings is 1. The number of rotatable bonds is 8. The summed E-state index contributed by atoms with van der Waals surface area (Å²) in [6.45, 7) is -0.0309. The number of nitrogens with one attached hydrogen (secondary N) is 1. The van der Waals surface area contributed by atoms with Gasteiger partial charge in [-0.2, -0.15) is 13.2 Å². The second kappa shape index (κ2) is 14.5. The molecule has 234 valence electrons. The van der Waals surface area contributed by atoms with E-state index in [9.17, 15) is 48.0 Å². The van der Waals surface area contributed by atoms with Crippen molar-refractivity contribution in [2.45, 2.75) is 50.0 Å². The number of anilines is 1. The molecule has 7 N–H and O–H groups in total. The van der Waals surface area contributed by atoms with E-state index in [0.717, 1.165) is 0 Å². The third-order valence-electron chi connectivity index (χ3n) is 8.39. The molecule has 1 amide bonds. The molecule has 4 atom stereocenters. The maximum atomic E-state index is 14.0. The van der Waals surface area contributed by atoms with Gasteiger partial charge >= 0.3 is 6.18 Å². The second-order valence-electron chi connectivity index (χ2n) is 11.5. The average Bonchev–Trinajstić information content (AvgIpc) is 2.85. The number of likely N-dealkylation sites (N-methyl/N-ethyl adjacent to an activating group) is 1. The number of amides is 1. The van der Waals surface area contributed by atoms with Crippen molar-refractivity contribution in [3.8, 4) is 5.75 Å². The molecule has 3 aliphatic carbocycles. The van der Waals surface area contributed by atoms with E-state index in [4.69, 9.17) is 5.73 Å². The Hall–Kier alpha value is -0.880. The summed E-state index contributed by atoms with van der Waals surface area (Å²) in [5.41, 5.74) is 2.66. The van der Waals surface area contributed by atoms with E-state index in [0.29, 0.717) is 11.3 Å². The summed E-state index contributed by atoms with van der Waals surface area (Å²) in [6.07, 6.45) is -5.37. The first-order valence-corrected chi connectivity index (χ1v) is 13.4. The first kappa shape index (κ1) is 39.3. The molecule has 1 fully saturated rings. The maximum Gasteiger partial charge on any atom is 0.389 e. The van der Waals surface area contributed by atoms with Crippen molar-refractivity contribution in [3.63, 3.8) is 0 Å². The molecule has 0 heterocycles. The van der Waals surface area contributed by atoms with Crippen molar-refractivity contribution in [2.75, 3.05) is 39.6 Å². The monoisotopic (exact) mass is 724 g/mol. The number of hydrogen-bond acceptors (Lipinski definition) is 10.